The van der Waals surface area contributed by atoms with Gasteiger partial charge < -0.3 is 50.0 Å². The van der Waals surface area contributed by atoms with Crippen molar-refractivity contribution in [1.29, 1.82) is 0 Å². The highest BCUT2D eigenvalue weighted by molar-refractivity contribution is 5.77. The Morgan fingerprint density at radius 2 is 1.64 bits per heavy atom. The minimum Gasteiger partial charge on any atom is -0.481 e. The molecule has 306 valence electrons. The SMILES string of the molecule is CC1(CO)CC(O)C2(C(=O)O)CCC34CCCC5(CC=C3C2C1)C1(C)CC(OCc2ccccc2)C(OC2OCC(O)C(O)C2O)C(C)(CO)C1CCC45C. The van der Waals surface area contributed by atoms with Crippen LogP contribution in [-0.2, 0) is 25.6 Å². The zero-order valence-corrected chi connectivity index (χ0v) is 33.0. The number of allylic oxidation sites excluding steroid dienone is 2. The van der Waals surface area contributed by atoms with Gasteiger partial charge in [-0.1, -0.05) is 76.1 Å². The third-order valence-electron chi connectivity index (χ3n) is 17.8. The van der Waals surface area contributed by atoms with E-state index in [1.54, 1.807) is 0 Å². The topological polar surface area (TPSA) is 186 Å². The van der Waals surface area contributed by atoms with E-state index in [0.717, 1.165) is 44.1 Å². The van der Waals surface area contributed by atoms with Crippen LogP contribution < -0.4 is 0 Å². The number of aliphatic hydroxyl groups excluding tert-OH is 6. The van der Waals surface area contributed by atoms with Crippen LogP contribution in [0.25, 0.3) is 0 Å². The van der Waals surface area contributed by atoms with Crippen LogP contribution in [0.3, 0.4) is 0 Å². The summed E-state index contributed by atoms with van der Waals surface area (Å²) in [5.41, 5.74) is -1.58. The minimum absolute atomic E-state index is 0.0168. The number of aliphatic hydroxyl groups is 6. The molecule has 6 fully saturated rings. The minimum atomic E-state index is -1.49. The third-order valence-corrected chi connectivity index (χ3v) is 17.8. The number of hydrogen-bond donors (Lipinski definition) is 7. The second-order valence-corrected chi connectivity index (χ2v) is 20.0. The molecule has 0 aromatic heterocycles. The predicted octanol–water partition coefficient (Wildman–Crippen LogP) is 4.34. The van der Waals surface area contributed by atoms with E-state index in [4.69, 9.17) is 14.2 Å². The van der Waals surface area contributed by atoms with Gasteiger partial charge in [-0.15, -0.1) is 0 Å². The Morgan fingerprint density at radius 3 is 2.33 bits per heavy atom. The fourth-order valence-corrected chi connectivity index (χ4v) is 15.0. The van der Waals surface area contributed by atoms with Crippen molar-refractivity contribution in [3.8, 4) is 0 Å². The van der Waals surface area contributed by atoms with Crippen molar-refractivity contribution in [3.05, 3.63) is 47.5 Å². The summed E-state index contributed by atoms with van der Waals surface area (Å²) in [7, 11) is 0. The molecule has 11 nitrogen and oxygen atoms in total. The average Bonchev–Trinajstić information content (AvgIpc) is 3.15. The molecule has 8 rings (SSSR count). The van der Waals surface area contributed by atoms with Gasteiger partial charge in [-0.05, 0) is 109 Å². The molecule has 55 heavy (non-hydrogen) atoms. The lowest BCUT2D eigenvalue weighted by molar-refractivity contribution is -0.347. The molecular weight excluding hydrogens is 704 g/mol. The van der Waals surface area contributed by atoms with Gasteiger partial charge in [0.25, 0.3) is 0 Å². The Bertz CT molecular complexity index is 1650. The number of carboxylic acid groups (broad SMARTS) is 1. The molecule has 1 aromatic carbocycles. The lowest BCUT2D eigenvalue weighted by Crippen LogP contribution is -2.75. The van der Waals surface area contributed by atoms with Crippen molar-refractivity contribution in [1.82, 2.24) is 0 Å². The molecule has 6 aliphatic carbocycles. The maximum absolute atomic E-state index is 13.3. The van der Waals surface area contributed by atoms with Crippen molar-refractivity contribution in [3.63, 3.8) is 0 Å². The molecule has 1 saturated heterocycles. The Morgan fingerprint density at radius 1 is 0.891 bits per heavy atom. The van der Waals surface area contributed by atoms with Crippen molar-refractivity contribution < 1.29 is 54.8 Å². The second kappa shape index (κ2) is 13.6. The Kier molecular flexibility index (Phi) is 9.83. The number of ether oxygens (including phenoxy) is 3. The van der Waals surface area contributed by atoms with Gasteiger partial charge in [0.15, 0.2) is 6.29 Å². The van der Waals surface area contributed by atoms with E-state index in [-0.39, 0.29) is 59.7 Å². The first-order chi connectivity index (χ1) is 26.0. The van der Waals surface area contributed by atoms with Gasteiger partial charge in [0.05, 0.1) is 38.1 Å². The summed E-state index contributed by atoms with van der Waals surface area (Å²) < 4.78 is 19.4. The Balaban J connectivity index is 1.22. The molecular formula is C44H64O11. The highest BCUT2D eigenvalue weighted by atomic mass is 16.7. The predicted molar refractivity (Wildman–Crippen MR) is 201 cm³/mol. The lowest BCUT2D eigenvalue weighted by Gasteiger charge is -2.79. The highest BCUT2D eigenvalue weighted by Crippen LogP contribution is 2.84. The van der Waals surface area contributed by atoms with E-state index < -0.39 is 65.1 Å². The van der Waals surface area contributed by atoms with Crippen LogP contribution in [0.2, 0.25) is 0 Å². The monoisotopic (exact) mass is 768 g/mol. The van der Waals surface area contributed by atoms with E-state index in [1.165, 1.54) is 5.57 Å². The summed E-state index contributed by atoms with van der Waals surface area (Å²) in [6.45, 7) is 8.74. The molecule has 11 heteroatoms. The van der Waals surface area contributed by atoms with Crippen molar-refractivity contribution in [2.45, 2.75) is 148 Å². The Labute approximate surface area is 325 Å². The largest absolute Gasteiger partial charge is 0.481 e. The summed E-state index contributed by atoms with van der Waals surface area (Å²) in [6.07, 6.45) is 2.56. The summed E-state index contributed by atoms with van der Waals surface area (Å²) in [6, 6.07) is 9.93. The number of benzene rings is 1. The number of hydrogen-bond acceptors (Lipinski definition) is 10. The first kappa shape index (κ1) is 39.9. The fourth-order valence-electron chi connectivity index (χ4n) is 15.0. The van der Waals surface area contributed by atoms with Crippen LogP contribution in [0.15, 0.2) is 42.0 Å². The summed E-state index contributed by atoms with van der Waals surface area (Å²) in [5.74, 6) is -1.32. The number of carboxylic acids is 1. The molecule has 7 aliphatic rings. The van der Waals surface area contributed by atoms with E-state index >= 15 is 0 Å². The number of aliphatic carboxylic acids is 1. The maximum Gasteiger partial charge on any atom is 0.312 e. The molecule has 1 heterocycles. The van der Waals surface area contributed by atoms with Crippen LogP contribution in [0.5, 0.6) is 0 Å². The van der Waals surface area contributed by atoms with Crippen LogP contribution in [0.4, 0.5) is 0 Å². The van der Waals surface area contributed by atoms with E-state index in [0.29, 0.717) is 32.3 Å². The van der Waals surface area contributed by atoms with Crippen LogP contribution >= 0.6 is 0 Å². The molecule has 1 aliphatic heterocycles. The summed E-state index contributed by atoms with van der Waals surface area (Å²) in [5, 5.41) is 76.6. The van der Waals surface area contributed by atoms with Crippen LogP contribution in [0, 0.1) is 49.7 Å². The molecule has 1 spiro atoms. The molecule has 16 atom stereocenters. The zero-order chi connectivity index (χ0) is 39.4. The quantitative estimate of drug-likeness (QED) is 0.147. The number of fused-ring (bicyclic) bond motifs is 3. The smallest absolute Gasteiger partial charge is 0.312 e. The normalized spacial score (nSPS) is 51.8. The summed E-state index contributed by atoms with van der Waals surface area (Å²) in [4.78, 5) is 13.3. The van der Waals surface area contributed by atoms with Gasteiger partial charge in [0, 0.05) is 12.0 Å². The zero-order valence-electron chi connectivity index (χ0n) is 33.0. The molecule has 16 unspecified atom stereocenters. The van der Waals surface area contributed by atoms with Gasteiger partial charge in [0.1, 0.15) is 23.7 Å². The molecule has 0 radical (unpaired) electrons. The highest BCUT2D eigenvalue weighted by Gasteiger charge is 2.78. The summed E-state index contributed by atoms with van der Waals surface area (Å²) >= 11 is 0. The first-order valence-electron chi connectivity index (χ1n) is 20.8. The number of carbonyl (C=O) groups is 1. The molecule has 5 saturated carbocycles. The van der Waals surface area contributed by atoms with E-state index in [9.17, 15) is 40.5 Å². The van der Waals surface area contributed by atoms with Gasteiger partial charge in [-0.25, -0.2) is 0 Å². The van der Waals surface area contributed by atoms with Crippen LogP contribution in [0.1, 0.15) is 104 Å². The second-order valence-electron chi connectivity index (χ2n) is 20.0. The van der Waals surface area contributed by atoms with Gasteiger partial charge in [-0.2, -0.15) is 0 Å². The van der Waals surface area contributed by atoms with Gasteiger partial charge in [0.2, 0.25) is 0 Å². The molecule has 0 amide bonds. The molecule has 7 N–H and O–H groups in total. The van der Waals surface area contributed by atoms with Crippen molar-refractivity contribution in [2.24, 2.45) is 49.7 Å². The Hall–Kier alpha value is -1.93. The van der Waals surface area contributed by atoms with Gasteiger partial charge >= 0.3 is 5.97 Å². The number of rotatable bonds is 8. The average molecular weight is 769 g/mol. The lowest BCUT2D eigenvalue weighted by atomic mass is 9.25. The van der Waals surface area contributed by atoms with Crippen LogP contribution in [-0.4, -0.2) is 104 Å². The first-order valence-corrected chi connectivity index (χ1v) is 20.8. The standard InChI is InChI=1S/C44H64O11/c1-38(24-45)19-28-27-11-16-43-14-8-13-42(27,17-18-44(28,37(51)52)32(48)21-38)41(43,4)15-12-31-39(2,25-46)35(55-36-34(50)33(49)29(47)23-54-36)30(20-40(31,43)3)53-22-26-9-6-5-7-10-26/h5-7,9-11,28-36,45-50H,8,12-25H2,1-4H3,(H,51,52). The maximum atomic E-state index is 13.3. The van der Waals surface area contributed by atoms with E-state index in [1.807, 2.05) is 37.3 Å². The van der Waals surface area contributed by atoms with E-state index in [2.05, 4.69) is 26.8 Å². The fraction of sp³-hybridized carbons (Fsp3) is 0.795. The van der Waals surface area contributed by atoms with Crippen molar-refractivity contribution >= 4 is 5.97 Å². The molecule has 1 aromatic rings. The van der Waals surface area contributed by atoms with Crippen molar-refractivity contribution in [2.75, 3.05) is 19.8 Å². The third kappa shape index (κ3) is 5.29. The molecule has 2 bridgehead atoms. The van der Waals surface area contributed by atoms with Gasteiger partial charge in [-0.3, -0.25) is 4.79 Å².